The van der Waals surface area contributed by atoms with Crippen molar-refractivity contribution >= 4 is 38.1 Å². The van der Waals surface area contributed by atoms with Crippen molar-refractivity contribution in [2.45, 2.75) is 39.3 Å². The van der Waals surface area contributed by atoms with E-state index in [0.29, 0.717) is 13.0 Å². The van der Waals surface area contributed by atoms with Crippen LogP contribution < -0.4 is 0 Å². The molecular weight excluding hydrogens is 394 g/mol. The van der Waals surface area contributed by atoms with Gasteiger partial charge in [0.15, 0.2) is 9.84 Å². The van der Waals surface area contributed by atoms with Crippen molar-refractivity contribution in [3.8, 4) is 0 Å². The Bertz CT molecular complexity index is 1110. The molecule has 3 aromatic rings. The maximum Gasteiger partial charge on any atom is 0.227 e. The van der Waals surface area contributed by atoms with Gasteiger partial charge in [0.2, 0.25) is 5.91 Å². The number of furan rings is 1. The molecule has 148 valence electrons. The van der Waals surface area contributed by atoms with E-state index in [2.05, 4.69) is 6.07 Å². The van der Waals surface area contributed by atoms with Crippen LogP contribution in [0.1, 0.15) is 28.0 Å². The van der Waals surface area contributed by atoms with E-state index < -0.39 is 9.84 Å². The summed E-state index contributed by atoms with van der Waals surface area (Å²) in [5.41, 5.74) is 3.84. The van der Waals surface area contributed by atoms with Crippen molar-refractivity contribution in [1.82, 2.24) is 4.90 Å². The molecule has 0 saturated carbocycles. The lowest BCUT2D eigenvalue weighted by atomic mass is 10.0. The number of hydrogen-bond donors (Lipinski definition) is 0. The Morgan fingerprint density at radius 1 is 1.32 bits per heavy atom. The summed E-state index contributed by atoms with van der Waals surface area (Å²) in [6.07, 6.45) is 2.37. The average molecular weight is 418 g/mol. The summed E-state index contributed by atoms with van der Waals surface area (Å²) in [5.74, 6) is 0.145. The van der Waals surface area contributed by atoms with E-state index in [1.807, 2.05) is 37.4 Å². The minimum absolute atomic E-state index is 0.0501. The first kappa shape index (κ1) is 19.2. The molecule has 0 spiro atoms. The van der Waals surface area contributed by atoms with Gasteiger partial charge in [-0.15, -0.1) is 11.3 Å². The Balaban J connectivity index is 1.62. The molecule has 3 heterocycles. The summed E-state index contributed by atoms with van der Waals surface area (Å²) in [4.78, 5) is 16.1. The molecule has 1 aliphatic heterocycles. The van der Waals surface area contributed by atoms with Crippen LogP contribution >= 0.6 is 11.3 Å². The molecule has 1 aromatic carbocycles. The van der Waals surface area contributed by atoms with Gasteiger partial charge in [-0.3, -0.25) is 4.79 Å². The van der Waals surface area contributed by atoms with Crippen molar-refractivity contribution < 1.29 is 17.6 Å². The van der Waals surface area contributed by atoms with E-state index in [1.54, 1.807) is 22.5 Å². The monoisotopic (exact) mass is 417 g/mol. The lowest BCUT2D eigenvalue weighted by Crippen LogP contribution is -2.41. The molecule has 0 bridgehead atoms. The first-order valence-electron chi connectivity index (χ1n) is 9.32. The highest BCUT2D eigenvalue weighted by molar-refractivity contribution is 7.91. The smallest absolute Gasteiger partial charge is 0.227 e. The van der Waals surface area contributed by atoms with E-state index in [-0.39, 0.29) is 29.9 Å². The third-order valence-corrected chi connectivity index (χ3v) is 7.92. The van der Waals surface area contributed by atoms with Crippen LogP contribution in [0.2, 0.25) is 0 Å². The molecule has 7 heteroatoms. The summed E-state index contributed by atoms with van der Waals surface area (Å²) >= 11 is 1.58. The number of sulfone groups is 1. The molecule has 0 N–H and O–H groups in total. The predicted molar refractivity (Wildman–Crippen MR) is 111 cm³/mol. The largest absolute Gasteiger partial charge is 0.464 e. The molecule has 0 unspecified atom stereocenters. The van der Waals surface area contributed by atoms with E-state index in [1.165, 1.54) is 0 Å². The number of hydrogen-bond acceptors (Lipinski definition) is 5. The Hall–Kier alpha value is -2.12. The van der Waals surface area contributed by atoms with Gasteiger partial charge in [-0.2, -0.15) is 0 Å². The van der Waals surface area contributed by atoms with Gasteiger partial charge in [0, 0.05) is 21.9 Å². The van der Waals surface area contributed by atoms with Crippen LogP contribution in [0.5, 0.6) is 0 Å². The average Bonchev–Trinajstić information content (AvgIpc) is 3.33. The highest BCUT2D eigenvalue weighted by atomic mass is 32.2. The van der Waals surface area contributed by atoms with Crippen molar-refractivity contribution in [3.63, 3.8) is 0 Å². The molecule has 0 aliphatic carbocycles. The zero-order valence-electron chi connectivity index (χ0n) is 16.0. The van der Waals surface area contributed by atoms with Crippen LogP contribution in [0, 0.1) is 13.8 Å². The van der Waals surface area contributed by atoms with Gasteiger partial charge in [-0.05, 0) is 48.9 Å². The van der Waals surface area contributed by atoms with Crippen molar-refractivity contribution in [3.05, 3.63) is 57.5 Å². The van der Waals surface area contributed by atoms with E-state index in [0.717, 1.165) is 32.5 Å². The zero-order valence-corrected chi connectivity index (χ0v) is 17.6. The van der Waals surface area contributed by atoms with Gasteiger partial charge in [-0.1, -0.05) is 12.1 Å². The molecule has 1 saturated heterocycles. The zero-order chi connectivity index (χ0) is 19.9. The number of carbonyl (C=O) groups is 1. The minimum atomic E-state index is -3.07. The minimum Gasteiger partial charge on any atom is -0.464 e. The first-order chi connectivity index (χ1) is 13.3. The lowest BCUT2D eigenvalue weighted by molar-refractivity contribution is -0.133. The molecule has 4 rings (SSSR count). The fraction of sp³-hybridized carbons (Fsp3) is 0.381. The number of thiophene rings is 1. The number of fused-ring (bicyclic) bond motifs is 1. The van der Waals surface area contributed by atoms with Gasteiger partial charge in [-0.25, -0.2) is 8.42 Å². The highest BCUT2D eigenvalue weighted by Gasteiger charge is 2.35. The molecule has 1 amide bonds. The van der Waals surface area contributed by atoms with Gasteiger partial charge in [0.1, 0.15) is 5.58 Å². The summed E-state index contributed by atoms with van der Waals surface area (Å²) in [5, 5.41) is 2.95. The quantitative estimate of drug-likeness (QED) is 0.632. The Morgan fingerprint density at radius 3 is 2.82 bits per heavy atom. The number of carbonyl (C=O) groups excluding carboxylic acids is 1. The molecular formula is C21H23NO4S2. The van der Waals surface area contributed by atoms with Crippen molar-refractivity contribution in [2.75, 3.05) is 11.5 Å². The molecule has 1 atom stereocenters. The van der Waals surface area contributed by atoms with E-state index >= 15 is 0 Å². The van der Waals surface area contributed by atoms with Crippen LogP contribution in [-0.2, 0) is 27.6 Å². The Morgan fingerprint density at radius 2 is 2.14 bits per heavy atom. The van der Waals surface area contributed by atoms with Crippen LogP contribution in [0.4, 0.5) is 0 Å². The summed E-state index contributed by atoms with van der Waals surface area (Å²) < 4.78 is 29.7. The van der Waals surface area contributed by atoms with Crippen LogP contribution in [-0.4, -0.2) is 36.8 Å². The molecule has 28 heavy (non-hydrogen) atoms. The van der Waals surface area contributed by atoms with Crippen LogP contribution in [0.15, 0.2) is 40.3 Å². The number of aryl methyl sites for hydroxylation is 2. The van der Waals surface area contributed by atoms with Gasteiger partial charge in [0.05, 0.1) is 30.7 Å². The maximum atomic E-state index is 13.3. The highest BCUT2D eigenvalue weighted by Crippen LogP contribution is 2.28. The molecule has 0 radical (unpaired) electrons. The normalized spacial score (nSPS) is 18.6. The SMILES string of the molecule is Cc1cc(C)c2c(CC(=O)N(Cc3cccs3)[C@@H]3CCS(=O)(=O)C3)coc2c1. The van der Waals surface area contributed by atoms with Gasteiger partial charge < -0.3 is 9.32 Å². The summed E-state index contributed by atoms with van der Waals surface area (Å²) in [7, 11) is -3.07. The molecule has 5 nitrogen and oxygen atoms in total. The molecule has 1 fully saturated rings. The van der Waals surface area contributed by atoms with Crippen LogP contribution in [0.3, 0.4) is 0 Å². The lowest BCUT2D eigenvalue weighted by Gasteiger charge is -2.28. The predicted octanol–water partition coefficient (Wildman–Crippen LogP) is 3.87. The fourth-order valence-corrected chi connectivity index (χ4v) is 6.47. The number of amides is 1. The van der Waals surface area contributed by atoms with E-state index in [4.69, 9.17) is 4.42 Å². The summed E-state index contributed by atoms with van der Waals surface area (Å²) in [6.45, 7) is 4.49. The van der Waals surface area contributed by atoms with Crippen molar-refractivity contribution in [1.29, 1.82) is 0 Å². The fourth-order valence-electron chi connectivity index (χ4n) is 4.03. The van der Waals surface area contributed by atoms with Gasteiger partial charge >= 0.3 is 0 Å². The number of benzene rings is 1. The second kappa shape index (κ2) is 7.37. The third-order valence-electron chi connectivity index (χ3n) is 5.31. The first-order valence-corrected chi connectivity index (χ1v) is 12.0. The molecule has 2 aromatic heterocycles. The Labute approximate surface area is 168 Å². The summed E-state index contributed by atoms with van der Waals surface area (Å²) in [6, 6.07) is 7.72. The van der Waals surface area contributed by atoms with Gasteiger partial charge in [0.25, 0.3) is 0 Å². The molecule has 1 aliphatic rings. The standard InChI is InChI=1S/C21H23NO4S2/c1-14-8-15(2)21-16(12-26-19(21)9-14)10-20(23)22(11-18-4-3-6-27-18)17-5-7-28(24,25)13-17/h3-4,6,8-9,12,17H,5,7,10-11,13H2,1-2H3/t17-/m1/s1. The number of rotatable bonds is 5. The van der Waals surface area contributed by atoms with Crippen molar-refractivity contribution in [2.24, 2.45) is 0 Å². The topological polar surface area (TPSA) is 67.6 Å². The van der Waals surface area contributed by atoms with E-state index in [9.17, 15) is 13.2 Å². The van der Waals surface area contributed by atoms with Crippen LogP contribution in [0.25, 0.3) is 11.0 Å². The third kappa shape index (κ3) is 3.86. The Kier molecular flexibility index (Phi) is 5.05. The number of nitrogens with zero attached hydrogens (tertiary/aromatic N) is 1. The maximum absolute atomic E-state index is 13.3. The second-order valence-electron chi connectivity index (χ2n) is 7.55. The second-order valence-corrected chi connectivity index (χ2v) is 10.8.